The molecule has 2 aromatic rings. The van der Waals surface area contributed by atoms with Gasteiger partial charge in [0.2, 0.25) is 0 Å². The molecule has 1 aliphatic carbocycles. The predicted octanol–water partition coefficient (Wildman–Crippen LogP) is 5.31. The van der Waals surface area contributed by atoms with Crippen molar-refractivity contribution in [1.82, 2.24) is 10.3 Å². The number of aryl methyl sites for hydroxylation is 1. The van der Waals surface area contributed by atoms with Crippen LogP contribution in [0.4, 0.5) is 10.5 Å². The van der Waals surface area contributed by atoms with Gasteiger partial charge in [-0.25, -0.2) is 9.78 Å². The van der Waals surface area contributed by atoms with E-state index in [9.17, 15) is 14.7 Å². The molecule has 7 heteroatoms. The predicted molar refractivity (Wildman–Crippen MR) is 116 cm³/mol. The van der Waals surface area contributed by atoms with Gasteiger partial charge in [0.05, 0.1) is 15.3 Å². The lowest BCUT2D eigenvalue weighted by molar-refractivity contribution is -0.147. The standard InChI is InChI=1S/C22H29N3O3S/c1-22(2,20(26)27)13-12-19-23-14-18(29-19)15-8-10-17(11-9-15)25-21(28)24-16-6-4-3-5-7-16/h8-11,14,16H,3-7,12-13H2,1-2H3,(H,26,27)(H2,24,25,28). The molecule has 6 nitrogen and oxygen atoms in total. The van der Waals surface area contributed by atoms with E-state index in [1.807, 2.05) is 30.5 Å². The number of carboxylic acid groups (broad SMARTS) is 1. The van der Waals surface area contributed by atoms with Crippen molar-refractivity contribution in [2.75, 3.05) is 5.32 Å². The SMILES string of the molecule is CC(C)(CCc1ncc(-c2ccc(NC(=O)NC3CCCCC3)cc2)s1)C(=O)O. The van der Waals surface area contributed by atoms with Gasteiger partial charge in [-0.2, -0.15) is 0 Å². The number of hydrogen-bond acceptors (Lipinski definition) is 4. The van der Waals surface area contributed by atoms with E-state index in [-0.39, 0.29) is 12.1 Å². The molecule has 1 aromatic carbocycles. The minimum atomic E-state index is -0.787. The van der Waals surface area contributed by atoms with Crippen LogP contribution in [0, 0.1) is 5.41 Å². The Morgan fingerprint density at radius 2 is 1.86 bits per heavy atom. The number of nitrogens with one attached hydrogen (secondary N) is 2. The highest BCUT2D eigenvalue weighted by Crippen LogP contribution is 2.30. The molecule has 1 aliphatic rings. The summed E-state index contributed by atoms with van der Waals surface area (Å²) in [6.07, 6.45) is 8.77. The molecule has 0 radical (unpaired) electrons. The summed E-state index contributed by atoms with van der Waals surface area (Å²) < 4.78 is 0. The minimum Gasteiger partial charge on any atom is -0.481 e. The number of rotatable bonds is 7. The van der Waals surface area contributed by atoms with Gasteiger partial charge >= 0.3 is 12.0 Å². The van der Waals surface area contributed by atoms with E-state index in [0.29, 0.717) is 12.8 Å². The third-order valence-electron chi connectivity index (χ3n) is 5.46. The first-order valence-electron chi connectivity index (χ1n) is 10.2. The number of nitrogens with zero attached hydrogens (tertiary/aromatic N) is 1. The molecule has 3 N–H and O–H groups in total. The molecular formula is C22H29N3O3S. The Morgan fingerprint density at radius 3 is 2.52 bits per heavy atom. The largest absolute Gasteiger partial charge is 0.481 e. The van der Waals surface area contributed by atoms with E-state index in [2.05, 4.69) is 15.6 Å². The summed E-state index contributed by atoms with van der Waals surface area (Å²) in [6, 6.07) is 7.85. The zero-order valence-electron chi connectivity index (χ0n) is 17.0. The smallest absolute Gasteiger partial charge is 0.319 e. The molecule has 0 atom stereocenters. The Morgan fingerprint density at radius 1 is 1.17 bits per heavy atom. The number of carbonyl (C=O) groups is 2. The fraction of sp³-hybridized carbons (Fsp3) is 0.500. The van der Waals surface area contributed by atoms with Gasteiger partial charge in [-0.1, -0.05) is 31.4 Å². The summed E-state index contributed by atoms with van der Waals surface area (Å²) in [5.41, 5.74) is 1.04. The molecule has 0 saturated heterocycles. The van der Waals surface area contributed by atoms with Gasteiger partial charge < -0.3 is 15.7 Å². The van der Waals surface area contributed by atoms with Crippen LogP contribution < -0.4 is 10.6 Å². The van der Waals surface area contributed by atoms with Crippen molar-refractivity contribution >= 4 is 29.0 Å². The van der Waals surface area contributed by atoms with E-state index in [1.54, 1.807) is 25.2 Å². The number of anilines is 1. The number of aromatic nitrogens is 1. The van der Waals surface area contributed by atoms with Crippen molar-refractivity contribution in [3.8, 4) is 10.4 Å². The lowest BCUT2D eigenvalue weighted by Crippen LogP contribution is -2.38. The van der Waals surface area contributed by atoms with Crippen LogP contribution in [-0.4, -0.2) is 28.1 Å². The van der Waals surface area contributed by atoms with E-state index < -0.39 is 11.4 Å². The Labute approximate surface area is 175 Å². The zero-order chi connectivity index (χ0) is 20.9. The van der Waals surface area contributed by atoms with Gasteiger partial charge in [0.15, 0.2) is 0 Å². The van der Waals surface area contributed by atoms with Crippen LogP contribution in [0.3, 0.4) is 0 Å². The first-order chi connectivity index (χ1) is 13.8. The van der Waals surface area contributed by atoms with Crippen molar-refractivity contribution in [3.63, 3.8) is 0 Å². The summed E-state index contributed by atoms with van der Waals surface area (Å²) in [5.74, 6) is -0.787. The lowest BCUT2D eigenvalue weighted by Gasteiger charge is -2.22. The Kier molecular flexibility index (Phi) is 6.90. The van der Waals surface area contributed by atoms with Crippen molar-refractivity contribution in [2.24, 2.45) is 5.41 Å². The van der Waals surface area contributed by atoms with E-state index in [0.717, 1.165) is 34.0 Å². The second kappa shape index (κ2) is 9.39. The third-order valence-corrected chi connectivity index (χ3v) is 6.57. The maximum Gasteiger partial charge on any atom is 0.319 e. The van der Waals surface area contributed by atoms with Crippen LogP contribution in [0.25, 0.3) is 10.4 Å². The first kappa shape index (κ1) is 21.3. The van der Waals surface area contributed by atoms with Crippen molar-refractivity contribution < 1.29 is 14.7 Å². The van der Waals surface area contributed by atoms with Gasteiger partial charge in [-0.05, 0) is 50.8 Å². The highest BCUT2D eigenvalue weighted by Gasteiger charge is 2.27. The van der Waals surface area contributed by atoms with E-state index in [1.165, 1.54) is 19.3 Å². The number of carboxylic acids is 1. The molecule has 29 heavy (non-hydrogen) atoms. The van der Waals surface area contributed by atoms with E-state index in [4.69, 9.17) is 0 Å². The molecule has 1 saturated carbocycles. The maximum atomic E-state index is 12.2. The molecule has 0 aliphatic heterocycles. The van der Waals surface area contributed by atoms with Crippen LogP contribution in [-0.2, 0) is 11.2 Å². The van der Waals surface area contributed by atoms with Crippen molar-refractivity contribution in [2.45, 2.75) is 64.8 Å². The molecule has 2 amide bonds. The highest BCUT2D eigenvalue weighted by atomic mass is 32.1. The zero-order valence-corrected chi connectivity index (χ0v) is 17.8. The normalized spacial score (nSPS) is 15.1. The number of aliphatic carboxylic acids is 1. The second-order valence-corrected chi connectivity index (χ2v) is 9.43. The van der Waals surface area contributed by atoms with Crippen LogP contribution in [0.1, 0.15) is 57.4 Å². The molecular weight excluding hydrogens is 386 g/mol. The fourth-order valence-corrected chi connectivity index (χ4v) is 4.33. The summed E-state index contributed by atoms with van der Waals surface area (Å²) >= 11 is 1.58. The Hall–Kier alpha value is -2.41. The van der Waals surface area contributed by atoms with Crippen LogP contribution in [0.2, 0.25) is 0 Å². The quantitative estimate of drug-likeness (QED) is 0.572. The number of amides is 2. The van der Waals surface area contributed by atoms with Crippen molar-refractivity contribution in [3.05, 3.63) is 35.5 Å². The minimum absolute atomic E-state index is 0.147. The van der Waals surface area contributed by atoms with Crippen molar-refractivity contribution in [1.29, 1.82) is 0 Å². The average molecular weight is 416 g/mol. The van der Waals surface area contributed by atoms with Gasteiger partial charge in [0, 0.05) is 24.3 Å². The molecule has 0 unspecified atom stereocenters. The number of benzene rings is 1. The topological polar surface area (TPSA) is 91.3 Å². The van der Waals surface area contributed by atoms with Gasteiger partial charge in [-0.3, -0.25) is 4.79 Å². The van der Waals surface area contributed by atoms with Gasteiger partial charge in [0.1, 0.15) is 0 Å². The fourth-order valence-electron chi connectivity index (χ4n) is 3.40. The summed E-state index contributed by atoms with van der Waals surface area (Å²) in [7, 11) is 0. The van der Waals surface area contributed by atoms with Crippen LogP contribution in [0.5, 0.6) is 0 Å². The van der Waals surface area contributed by atoms with E-state index >= 15 is 0 Å². The van der Waals surface area contributed by atoms with Gasteiger partial charge in [-0.15, -0.1) is 11.3 Å². The van der Waals surface area contributed by atoms with Crippen LogP contribution in [0.15, 0.2) is 30.5 Å². The highest BCUT2D eigenvalue weighted by molar-refractivity contribution is 7.15. The Bertz CT molecular complexity index is 839. The number of thiazole rings is 1. The Balaban J connectivity index is 1.54. The second-order valence-electron chi connectivity index (χ2n) is 8.32. The monoisotopic (exact) mass is 415 g/mol. The molecule has 0 bridgehead atoms. The molecule has 156 valence electrons. The molecule has 1 heterocycles. The number of urea groups is 1. The van der Waals surface area contributed by atoms with Gasteiger partial charge in [0.25, 0.3) is 0 Å². The van der Waals surface area contributed by atoms with Crippen LogP contribution >= 0.6 is 11.3 Å². The summed E-state index contributed by atoms with van der Waals surface area (Å²) in [4.78, 5) is 28.9. The summed E-state index contributed by atoms with van der Waals surface area (Å²) in [6.45, 7) is 3.47. The molecule has 1 fully saturated rings. The maximum absolute atomic E-state index is 12.2. The number of carbonyl (C=O) groups excluding carboxylic acids is 1. The first-order valence-corrected chi connectivity index (χ1v) is 11.0. The lowest BCUT2D eigenvalue weighted by atomic mass is 9.88. The number of hydrogen-bond donors (Lipinski definition) is 3. The molecule has 1 aromatic heterocycles. The summed E-state index contributed by atoms with van der Waals surface area (Å²) in [5, 5.41) is 16.1. The average Bonchev–Trinajstić information content (AvgIpc) is 3.17. The molecule has 0 spiro atoms. The molecule has 3 rings (SSSR count). The third kappa shape index (κ3) is 6.03.